The fourth-order valence-corrected chi connectivity index (χ4v) is 3.38. The van der Waals surface area contributed by atoms with Crippen LogP contribution >= 0.6 is 11.6 Å². The van der Waals surface area contributed by atoms with Crippen LogP contribution in [0.4, 0.5) is 0 Å². The Bertz CT molecular complexity index is 488. The highest BCUT2D eigenvalue weighted by atomic mass is 35.5. The fraction of sp³-hybridized carbons (Fsp3) is 0.562. The predicted molar refractivity (Wildman–Crippen MR) is 78.9 cm³/mol. The molecule has 1 amide bonds. The molecule has 1 aromatic carbocycles. The first-order chi connectivity index (χ1) is 9.65. The van der Waals surface area contributed by atoms with Crippen molar-refractivity contribution < 1.29 is 9.53 Å². The third-order valence-corrected chi connectivity index (χ3v) is 4.79. The van der Waals surface area contributed by atoms with Crippen molar-refractivity contribution in [2.24, 2.45) is 5.92 Å². The normalized spacial score (nSPS) is 29.9. The molecule has 2 heterocycles. The summed E-state index contributed by atoms with van der Waals surface area (Å²) in [6, 6.07) is 7.99. The molecule has 0 radical (unpaired) electrons. The summed E-state index contributed by atoms with van der Waals surface area (Å²) in [5, 5.41) is 0.761. The van der Waals surface area contributed by atoms with Crippen LogP contribution in [0.25, 0.3) is 0 Å². The lowest BCUT2D eigenvalue weighted by Crippen LogP contribution is -2.37. The van der Waals surface area contributed by atoms with E-state index in [2.05, 4.69) is 12.1 Å². The highest BCUT2D eigenvalue weighted by Gasteiger charge is 2.36. The highest BCUT2D eigenvalue weighted by molar-refractivity contribution is 6.30. The summed E-state index contributed by atoms with van der Waals surface area (Å²) >= 11 is 5.92. The number of nitrogens with zero attached hydrogens (tertiary/aromatic N) is 1. The molecule has 3 nitrogen and oxygen atoms in total. The fourth-order valence-electron chi connectivity index (χ4n) is 3.26. The summed E-state index contributed by atoms with van der Waals surface area (Å²) in [6.45, 7) is 4.40. The van der Waals surface area contributed by atoms with E-state index in [9.17, 15) is 4.79 Å². The monoisotopic (exact) mass is 293 g/mol. The zero-order valence-electron chi connectivity index (χ0n) is 11.7. The lowest BCUT2D eigenvalue weighted by atomic mass is 9.98. The van der Waals surface area contributed by atoms with Crippen molar-refractivity contribution in [2.45, 2.75) is 31.8 Å². The molecule has 0 unspecified atom stereocenters. The van der Waals surface area contributed by atoms with E-state index in [0.29, 0.717) is 12.5 Å². The first-order valence-corrected chi connectivity index (χ1v) is 7.69. The van der Waals surface area contributed by atoms with E-state index in [-0.39, 0.29) is 17.9 Å². The molecule has 2 aliphatic heterocycles. The van der Waals surface area contributed by atoms with Crippen LogP contribution in [-0.2, 0) is 9.53 Å². The summed E-state index contributed by atoms with van der Waals surface area (Å²) in [5.74, 6) is 0.763. The Hall–Kier alpha value is -1.06. The zero-order valence-corrected chi connectivity index (χ0v) is 12.5. The SMILES string of the molecule is C[C@@H]1OCC[C@@H]1C(=O)N1CC[C@H](c2ccc(Cl)cc2)C1. The van der Waals surface area contributed by atoms with Gasteiger partial charge < -0.3 is 9.64 Å². The molecule has 0 aliphatic carbocycles. The number of hydrogen-bond donors (Lipinski definition) is 0. The molecule has 2 aliphatic rings. The van der Waals surface area contributed by atoms with E-state index in [4.69, 9.17) is 16.3 Å². The molecule has 1 aromatic rings. The zero-order chi connectivity index (χ0) is 14.1. The summed E-state index contributed by atoms with van der Waals surface area (Å²) in [7, 11) is 0. The van der Waals surface area contributed by atoms with Gasteiger partial charge in [-0.1, -0.05) is 23.7 Å². The summed E-state index contributed by atoms with van der Waals surface area (Å²) in [5.41, 5.74) is 1.28. The molecule has 2 fully saturated rings. The number of benzene rings is 1. The summed E-state index contributed by atoms with van der Waals surface area (Å²) in [4.78, 5) is 14.5. The van der Waals surface area contributed by atoms with Gasteiger partial charge in [0, 0.05) is 30.6 Å². The van der Waals surface area contributed by atoms with E-state index in [1.165, 1.54) is 5.56 Å². The topological polar surface area (TPSA) is 29.5 Å². The van der Waals surface area contributed by atoms with Crippen molar-refractivity contribution >= 4 is 17.5 Å². The van der Waals surface area contributed by atoms with Crippen LogP contribution in [0.2, 0.25) is 5.02 Å². The maximum Gasteiger partial charge on any atom is 0.228 e. The van der Waals surface area contributed by atoms with Crippen LogP contribution in [0.3, 0.4) is 0 Å². The molecule has 20 heavy (non-hydrogen) atoms. The van der Waals surface area contributed by atoms with E-state index in [1.54, 1.807) is 0 Å². The van der Waals surface area contributed by atoms with Gasteiger partial charge >= 0.3 is 0 Å². The van der Waals surface area contributed by atoms with Gasteiger partial charge in [0.2, 0.25) is 5.91 Å². The van der Waals surface area contributed by atoms with Gasteiger partial charge in [-0.25, -0.2) is 0 Å². The minimum absolute atomic E-state index is 0.0546. The van der Waals surface area contributed by atoms with Crippen molar-refractivity contribution in [3.05, 3.63) is 34.9 Å². The highest BCUT2D eigenvalue weighted by Crippen LogP contribution is 2.31. The first kappa shape index (κ1) is 13.9. The lowest BCUT2D eigenvalue weighted by Gasteiger charge is -2.22. The Labute approximate surface area is 124 Å². The number of halogens is 1. The van der Waals surface area contributed by atoms with Crippen LogP contribution in [0.5, 0.6) is 0 Å². The Morgan fingerprint density at radius 2 is 2.05 bits per heavy atom. The van der Waals surface area contributed by atoms with Gasteiger partial charge in [-0.05, 0) is 37.5 Å². The molecule has 0 spiro atoms. The van der Waals surface area contributed by atoms with Crippen LogP contribution in [0, 0.1) is 5.92 Å². The molecular formula is C16H20ClNO2. The van der Waals surface area contributed by atoms with E-state index in [1.807, 2.05) is 24.0 Å². The van der Waals surface area contributed by atoms with Gasteiger partial charge in [0.15, 0.2) is 0 Å². The second kappa shape index (κ2) is 5.74. The van der Waals surface area contributed by atoms with E-state index >= 15 is 0 Å². The van der Waals surface area contributed by atoms with Gasteiger partial charge in [0.25, 0.3) is 0 Å². The third kappa shape index (κ3) is 2.70. The molecule has 2 saturated heterocycles. The van der Waals surface area contributed by atoms with Crippen molar-refractivity contribution in [1.82, 2.24) is 4.90 Å². The number of hydrogen-bond acceptors (Lipinski definition) is 2. The standard InChI is InChI=1S/C16H20ClNO2/c1-11-15(7-9-20-11)16(19)18-8-6-13(10-18)12-2-4-14(17)5-3-12/h2-5,11,13,15H,6-10H2,1H3/t11-,13-,15-/m0/s1. The average Bonchev–Trinajstić information content (AvgIpc) is 3.08. The van der Waals surface area contributed by atoms with Crippen LogP contribution in [0.15, 0.2) is 24.3 Å². The summed E-state index contributed by atoms with van der Waals surface area (Å²) in [6.07, 6.45) is 1.97. The molecule has 3 atom stereocenters. The van der Waals surface area contributed by atoms with E-state index < -0.39 is 0 Å². The minimum Gasteiger partial charge on any atom is -0.378 e. The number of ether oxygens (including phenoxy) is 1. The maximum atomic E-state index is 12.5. The molecule has 4 heteroatoms. The first-order valence-electron chi connectivity index (χ1n) is 7.31. The molecule has 108 valence electrons. The van der Waals surface area contributed by atoms with Crippen LogP contribution in [-0.4, -0.2) is 36.6 Å². The summed E-state index contributed by atoms with van der Waals surface area (Å²) < 4.78 is 5.51. The van der Waals surface area contributed by atoms with Crippen LogP contribution in [0.1, 0.15) is 31.2 Å². The number of carbonyl (C=O) groups is 1. The predicted octanol–water partition coefficient (Wildman–Crippen LogP) is 3.08. The molecule has 0 aromatic heterocycles. The molecule has 0 N–H and O–H groups in total. The second-order valence-electron chi connectivity index (χ2n) is 5.79. The Morgan fingerprint density at radius 3 is 2.70 bits per heavy atom. The van der Waals surface area contributed by atoms with Crippen molar-refractivity contribution in [2.75, 3.05) is 19.7 Å². The maximum absolute atomic E-state index is 12.5. The minimum atomic E-state index is 0.0546. The number of amides is 1. The van der Waals surface area contributed by atoms with Gasteiger partial charge in [-0.2, -0.15) is 0 Å². The Balaban J connectivity index is 1.64. The van der Waals surface area contributed by atoms with Crippen molar-refractivity contribution in [1.29, 1.82) is 0 Å². The smallest absolute Gasteiger partial charge is 0.228 e. The lowest BCUT2D eigenvalue weighted by molar-refractivity contribution is -0.135. The number of likely N-dealkylation sites (tertiary alicyclic amines) is 1. The molecule has 3 rings (SSSR count). The van der Waals surface area contributed by atoms with Crippen LogP contribution < -0.4 is 0 Å². The van der Waals surface area contributed by atoms with Crippen molar-refractivity contribution in [3.63, 3.8) is 0 Å². The quantitative estimate of drug-likeness (QED) is 0.839. The number of rotatable bonds is 2. The Kier molecular flexibility index (Phi) is 3.99. The second-order valence-corrected chi connectivity index (χ2v) is 6.23. The number of carbonyl (C=O) groups excluding carboxylic acids is 1. The third-order valence-electron chi connectivity index (χ3n) is 4.53. The molecule has 0 bridgehead atoms. The van der Waals surface area contributed by atoms with Gasteiger partial charge in [-0.15, -0.1) is 0 Å². The largest absolute Gasteiger partial charge is 0.378 e. The van der Waals surface area contributed by atoms with Gasteiger partial charge in [0.1, 0.15) is 0 Å². The van der Waals surface area contributed by atoms with Crippen molar-refractivity contribution in [3.8, 4) is 0 Å². The van der Waals surface area contributed by atoms with Gasteiger partial charge in [0.05, 0.1) is 12.0 Å². The van der Waals surface area contributed by atoms with E-state index in [0.717, 1.165) is 31.0 Å². The Morgan fingerprint density at radius 1 is 1.30 bits per heavy atom. The average molecular weight is 294 g/mol. The molecular weight excluding hydrogens is 274 g/mol. The molecule has 0 saturated carbocycles. The van der Waals surface area contributed by atoms with Gasteiger partial charge in [-0.3, -0.25) is 4.79 Å².